The van der Waals surface area contributed by atoms with Crippen LogP contribution in [0.5, 0.6) is 11.5 Å². The summed E-state index contributed by atoms with van der Waals surface area (Å²) in [5.74, 6) is -0.684. The lowest BCUT2D eigenvalue weighted by Gasteiger charge is -2.29. The zero-order chi connectivity index (χ0) is 23.7. The number of likely N-dealkylation sites (N-methyl/N-ethyl adjacent to an activating group) is 1. The molecule has 8 nitrogen and oxygen atoms in total. The van der Waals surface area contributed by atoms with E-state index >= 15 is 0 Å². The lowest BCUT2D eigenvalue weighted by Crippen LogP contribution is -2.36. The lowest BCUT2D eigenvalue weighted by molar-refractivity contribution is -0.129. The van der Waals surface area contributed by atoms with Crippen molar-refractivity contribution in [1.82, 2.24) is 9.80 Å². The third-order valence-corrected chi connectivity index (χ3v) is 5.72. The molecule has 1 N–H and O–H groups in total. The molecule has 1 aromatic heterocycles. The van der Waals surface area contributed by atoms with Crippen LogP contribution in [-0.2, 0) is 4.79 Å². The molecule has 33 heavy (non-hydrogen) atoms. The first-order chi connectivity index (χ1) is 15.8. The standard InChI is InChI=1S/C25H26N2O6/c1-26(2)11-12-27-22(17-10-9-16(31-3)14-19(17)32-4)21(24(29)25(27)30)23(28)20-13-15-7-5-6-8-18(15)33-20/h5-10,13-14,22,29H,11-12H2,1-4H3. The Hall–Kier alpha value is -3.78. The molecule has 3 aromatic rings. The van der Waals surface area contributed by atoms with Gasteiger partial charge in [0.05, 0.1) is 25.8 Å². The van der Waals surface area contributed by atoms with E-state index in [9.17, 15) is 14.7 Å². The van der Waals surface area contributed by atoms with Crippen LogP contribution in [0.25, 0.3) is 11.0 Å². The zero-order valence-corrected chi connectivity index (χ0v) is 19.0. The number of aliphatic hydroxyl groups excluding tert-OH is 1. The van der Waals surface area contributed by atoms with Crippen LogP contribution in [0.2, 0.25) is 0 Å². The molecule has 8 heteroatoms. The van der Waals surface area contributed by atoms with Crippen LogP contribution in [0.3, 0.4) is 0 Å². The number of ether oxygens (including phenoxy) is 2. The van der Waals surface area contributed by atoms with Crippen molar-refractivity contribution < 1.29 is 28.6 Å². The average Bonchev–Trinajstić information content (AvgIpc) is 3.36. The first-order valence-corrected chi connectivity index (χ1v) is 10.5. The number of amides is 1. The summed E-state index contributed by atoms with van der Waals surface area (Å²) in [6.45, 7) is 0.840. The maximum Gasteiger partial charge on any atom is 0.290 e. The van der Waals surface area contributed by atoms with Gasteiger partial charge in [-0.15, -0.1) is 0 Å². The number of hydrogen-bond acceptors (Lipinski definition) is 7. The minimum absolute atomic E-state index is 0.0405. The molecule has 0 bridgehead atoms. The van der Waals surface area contributed by atoms with E-state index in [2.05, 4.69) is 0 Å². The summed E-state index contributed by atoms with van der Waals surface area (Å²) in [6.07, 6.45) is 0. The number of Topliss-reactive ketones (excluding diaryl/α,β-unsaturated/α-hetero) is 1. The molecule has 0 aliphatic carbocycles. The van der Waals surface area contributed by atoms with E-state index in [4.69, 9.17) is 13.9 Å². The number of furan rings is 1. The smallest absolute Gasteiger partial charge is 0.290 e. The summed E-state index contributed by atoms with van der Waals surface area (Å²) in [5.41, 5.74) is 1.07. The van der Waals surface area contributed by atoms with Crippen molar-refractivity contribution in [2.45, 2.75) is 6.04 Å². The first-order valence-electron chi connectivity index (χ1n) is 10.5. The number of aliphatic hydroxyl groups is 1. The fraction of sp³-hybridized carbons (Fsp3) is 0.280. The minimum Gasteiger partial charge on any atom is -0.503 e. The number of nitrogens with zero attached hydrogens (tertiary/aromatic N) is 2. The Bertz CT molecular complexity index is 1210. The molecule has 1 amide bonds. The average molecular weight is 450 g/mol. The molecule has 0 radical (unpaired) electrons. The Morgan fingerprint density at radius 3 is 2.55 bits per heavy atom. The Labute approximate surface area is 191 Å². The zero-order valence-electron chi connectivity index (χ0n) is 19.0. The van der Waals surface area contributed by atoms with Crippen LogP contribution >= 0.6 is 0 Å². The van der Waals surface area contributed by atoms with E-state index in [0.29, 0.717) is 35.7 Å². The van der Waals surface area contributed by atoms with Crippen molar-refractivity contribution in [3.8, 4) is 11.5 Å². The molecule has 1 aliphatic rings. The van der Waals surface area contributed by atoms with Crippen molar-refractivity contribution in [2.24, 2.45) is 0 Å². The summed E-state index contributed by atoms with van der Waals surface area (Å²) in [5, 5.41) is 11.6. The SMILES string of the molecule is COc1ccc(C2C(C(=O)c3cc4ccccc4o3)=C(O)C(=O)N2CCN(C)C)c(OC)c1. The third kappa shape index (κ3) is 4.05. The van der Waals surface area contributed by atoms with Crippen LogP contribution in [-0.4, -0.2) is 68.0 Å². The van der Waals surface area contributed by atoms with Gasteiger partial charge in [-0.05, 0) is 38.4 Å². The van der Waals surface area contributed by atoms with Crippen molar-refractivity contribution >= 4 is 22.7 Å². The van der Waals surface area contributed by atoms with E-state index < -0.39 is 23.5 Å². The van der Waals surface area contributed by atoms with Gasteiger partial charge in [0.1, 0.15) is 17.1 Å². The van der Waals surface area contributed by atoms with Crippen LogP contribution < -0.4 is 9.47 Å². The fourth-order valence-corrected chi connectivity index (χ4v) is 4.02. The first kappa shape index (κ1) is 22.4. The maximum atomic E-state index is 13.6. The van der Waals surface area contributed by atoms with Gasteiger partial charge >= 0.3 is 0 Å². The molecular weight excluding hydrogens is 424 g/mol. The molecule has 0 saturated carbocycles. The highest BCUT2D eigenvalue weighted by molar-refractivity contribution is 6.16. The van der Waals surface area contributed by atoms with Gasteiger partial charge < -0.3 is 28.8 Å². The van der Waals surface area contributed by atoms with Gasteiger partial charge in [-0.1, -0.05) is 18.2 Å². The highest BCUT2D eigenvalue weighted by atomic mass is 16.5. The Morgan fingerprint density at radius 2 is 1.88 bits per heavy atom. The Morgan fingerprint density at radius 1 is 1.12 bits per heavy atom. The number of carbonyl (C=O) groups is 2. The van der Waals surface area contributed by atoms with Gasteiger partial charge in [-0.25, -0.2) is 0 Å². The van der Waals surface area contributed by atoms with Gasteiger partial charge in [0.2, 0.25) is 5.78 Å². The summed E-state index contributed by atoms with van der Waals surface area (Å²) in [7, 11) is 6.82. The highest BCUT2D eigenvalue weighted by Crippen LogP contribution is 2.43. The molecule has 1 unspecified atom stereocenters. The van der Waals surface area contributed by atoms with Gasteiger partial charge in [-0.2, -0.15) is 0 Å². The summed E-state index contributed by atoms with van der Waals surface area (Å²) in [4.78, 5) is 30.1. The molecule has 1 aliphatic heterocycles. The highest BCUT2D eigenvalue weighted by Gasteiger charge is 2.45. The molecule has 1 atom stereocenters. The summed E-state index contributed by atoms with van der Waals surface area (Å²) in [6, 6.07) is 13.2. The molecule has 0 saturated heterocycles. The molecule has 2 heterocycles. The summed E-state index contributed by atoms with van der Waals surface area (Å²) < 4.78 is 16.6. The Kier molecular flexibility index (Phi) is 6.11. The van der Waals surface area contributed by atoms with Crippen LogP contribution in [0.4, 0.5) is 0 Å². The second-order valence-corrected chi connectivity index (χ2v) is 8.05. The van der Waals surface area contributed by atoms with Crippen LogP contribution in [0.1, 0.15) is 22.2 Å². The quantitative estimate of drug-likeness (QED) is 0.524. The molecular formula is C25H26N2O6. The number of fused-ring (bicyclic) bond motifs is 1. The lowest BCUT2D eigenvalue weighted by atomic mass is 9.94. The largest absolute Gasteiger partial charge is 0.503 e. The van der Waals surface area contributed by atoms with E-state index in [1.807, 2.05) is 37.2 Å². The second kappa shape index (κ2) is 8.99. The van der Waals surface area contributed by atoms with E-state index in [1.54, 1.807) is 37.4 Å². The predicted molar refractivity (Wildman–Crippen MR) is 123 cm³/mol. The summed E-state index contributed by atoms with van der Waals surface area (Å²) >= 11 is 0. The topological polar surface area (TPSA) is 92.5 Å². The Balaban J connectivity index is 1.84. The fourth-order valence-electron chi connectivity index (χ4n) is 4.02. The number of methoxy groups -OCH3 is 2. The van der Waals surface area contributed by atoms with E-state index in [-0.39, 0.29) is 11.3 Å². The number of hydrogen-bond donors (Lipinski definition) is 1. The van der Waals surface area contributed by atoms with Gasteiger partial charge in [0, 0.05) is 30.1 Å². The van der Waals surface area contributed by atoms with Crippen molar-refractivity contribution in [3.05, 3.63) is 71.2 Å². The van der Waals surface area contributed by atoms with E-state index in [0.717, 1.165) is 5.39 Å². The molecule has 4 rings (SSSR count). The molecule has 0 spiro atoms. The molecule has 2 aromatic carbocycles. The van der Waals surface area contributed by atoms with Crippen molar-refractivity contribution in [3.63, 3.8) is 0 Å². The van der Waals surface area contributed by atoms with Crippen molar-refractivity contribution in [2.75, 3.05) is 41.4 Å². The van der Waals surface area contributed by atoms with Crippen LogP contribution in [0, 0.1) is 0 Å². The third-order valence-electron chi connectivity index (χ3n) is 5.72. The predicted octanol–water partition coefficient (Wildman–Crippen LogP) is 3.59. The number of rotatable bonds is 8. The number of ketones is 1. The van der Waals surface area contributed by atoms with Gasteiger partial charge in [0.15, 0.2) is 11.5 Å². The molecule has 0 fully saturated rings. The van der Waals surface area contributed by atoms with Crippen molar-refractivity contribution in [1.29, 1.82) is 0 Å². The second-order valence-electron chi connectivity index (χ2n) is 8.05. The van der Waals surface area contributed by atoms with E-state index in [1.165, 1.54) is 12.0 Å². The van der Waals surface area contributed by atoms with Gasteiger partial charge in [-0.3, -0.25) is 9.59 Å². The number of carbonyl (C=O) groups excluding carboxylic acids is 2. The number of para-hydroxylation sites is 1. The monoisotopic (exact) mass is 450 g/mol. The minimum atomic E-state index is -0.848. The normalized spacial score (nSPS) is 16.2. The maximum absolute atomic E-state index is 13.6. The van der Waals surface area contributed by atoms with Gasteiger partial charge in [0.25, 0.3) is 5.91 Å². The number of benzene rings is 2. The van der Waals surface area contributed by atoms with Crippen LogP contribution in [0.15, 0.2) is 64.3 Å². The molecule has 172 valence electrons.